The average molecular weight is 232 g/mol. The Labute approximate surface area is 97.8 Å². The van der Waals surface area contributed by atoms with Gasteiger partial charge in [0.15, 0.2) is 0 Å². The molecule has 4 nitrogen and oxygen atoms in total. The molecule has 1 aromatic heterocycles. The number of fused-ring (bicyclic) bond motifs is 1. The molecule has 2 aromatic rings. The monoisotopic (exact) mass is 232 g/mol. The first-order valence-corrected chi connectivity index (χ1v) is 5.57. The Morgan fingerprint density at radius 1 is 1.18 bits per heavy atom. The van der Waals surface area contributed by atoms with Crippen LogP contribution in [0, 0.1) is 0 Å². The van der Waals surface area contributed by atoms with Gasteiger partial charge in [-0.05, 0) is 12.1 Å². The minimum atomic E-state index is -0.348. The molecule has 88 valence electrons. The normalized spacial score (nSPS) is 20.6. The largest absolute Gasteiger partial charge is 0.422 e. The molecule has 4 heteroatoms. The van der Waals surface area contributed by atoms with Crippen LogP contribution in [-0.2, 0) is 9.47 Å². The van der Waals surface area contributed by atoms with E-state index in [2.05, 4.69) is 0 Å². The molecule has 1 saturated heterocycles. The second-order valence-electron chi connectivity index (χ2n) is 3.96. The van der Waals surface area contributed by atoms with E-state index < -0.39 is 0 Å². The maximum absolute atomic E-state index is 11.8. The quantitative estimate of drug-likeness (QED) is 0.704. The van der Waals surface area contributed by atoms with Crippen LogP contribution in [0.2, 0.25) is 0 Å². The van der Waals surface area contributed by atoms with Gasteiger partial charge in [-0.15, -0.1) is 0 Å². The van der Waals surface area contributed by atoms with E-state index in [1.165, 1.54) is 0 Å². The summed E-state index contributed by atoms with van der Waals surface area (Å²) in [5.74, 6) is 0. The van der Waals surface area contributed by atoms with Gasteiger partial charge in [0.25, 0.3) is 0 Å². The van der Waals surface area contributed by atoms with Gasteiger partial charge in [0.2, 0.25) is 0 Å². The Morgan fingerprint density at radius 2 is 2.06 bits per heavy atom. The highest BCUT2D eigenvalue weighted by atomic mass is 16.6. The zero-order chi connectivity index (χ0) is 11.7. The van der Waals surface area contributed by atoms with Crippen molar-refractivity contribution in [2.24, 2.45) is 0 Å². The van der Waals surface area contributed by atoms with Crippen molar-refractivity contribution in [2.45, 2.75) is 6.10 Å². The van der Waals surface area contributed by atoms with E-state index in [4.69, 9.17) is 13.9 Å². The van der Waals surface area contributed by atoms with Crippen molar-refractivity contribution in [1.82, 2.24) is 0 Å². The summed E-state index contributed by atoms with van der Waals surface area (Å²) in [4.78, 5) is 11.8. The Hall–Kier alpha value is -1.65. The molecule has 1 aliphatic rings. The molecule has 1 aromatic carbocycles. The van der Waals surface area contributed by atoms with E-state index in [9.17, 15) is 4.79 Å². The van der Waals surface area contributed by atoms with Crippen LogP contribution in [-0.4, -0.2) is 19.8 Å². The zero-order valence-electron chi connectivity index (χ0n) is 9.22. The summed E-state index contributed by atoms with van der Waals surface area (Å²) in [6, 6.07) is 9.25. The molecule has 1 fully saturated rings. The van der Waals surface area contributed by atoms with Crippen molar-refractivity contribution >= 4 is 11.0 Å². The first kappa shape index (κ1) is 10.5. The van der Waals surface area contributed by atoms with Crippen LogP contribution < -0.4 is 5.63 Å². The van der Waals surface area contributed by atoms with Crippen LogP contribution in [0.3, 0.4) is 0 Å². The molecule has 0 spiro atoms. The number of hydrogen-bond acceptors (Lipinski definition) is 4. The van der Waals surface area contributed by atoms with Crippen molar-refractivity contribution in [3.63, 3.8) is 0 Å². The van der Waals surface area contributed by atoms with Crippen molar-refractivity contribution < 1.29 is 13.9 Å². The van der Waals surface area contributed by atoms with E-state index in [1.54, 1.807) is 6.07 Å². The van der Waals surface area contributed by atoms with Crippen LogP contribution in [0.4, 0.5) is 0 Å². The van der Waals surface area contributed by atoms with Gasteiger partial charge >= 0.3 is 5.63 Å². The highest BCUT2D eigenvalue weighted by Crippen LogP contribution is 2.21. The lowest BCUT2D eigenvalue weighted by Crippen LogP contribution is -2.26. The first-order valence-electron chi connectivity index (χ1n) is 5.57. The van der Waals surface area contributed by atoms with Gasteiger partial charge in [0.1, 0.15) is 11.7 Å². The van der Waals surface area contributed by atoms with Crippen LogP contribution in [0.15, 0.2) is 39.5 Å². The third-order valence-electron chi connectivity index (χ3n) is 2.83. The third-order valence-corrected chi connectivity index (χ3v) is 2.83. The average Bonchev–Trinajstić information content (AvgIpc) is 2.39. The summed E-state index contributed by atoms with van der Waals surface area (Å²) >= 11 is 0. The molecular formula is C13H12O4. The Balaban J connectivity index is 2.09. The lowest BCUT2D eigenvalue weighted by atomic mass is 10.1. The van der Waals surface area contributed by atoms with Gasteiger partial charge in [-0.1, -0.05) is 18.2 Å². The van der Waals surface area contributed by atoms with E-state index in [-0.39, 0.29) is 11.7 Å². The van der Waals surface area contributed by atoms with E-state index in [0.29, 0.717) is 31.0 Å². The second kappa shape index (κ2) is 4.31. The van der Waals surface area contributed by atoms with Crippen LogP contribution in [0.1, 0.15) is 11.7 Å². The molecule has 0 aliphatic carbocycles. The van der Waals surface area contributed by atoms with Crippen LogP contribution in [0.25, 0.3) is 11.0 Å². The predicted molar refractivity (Wildman–Crippen MR) is 62.0 cm³/mol. The van der Waals surface area contributed by atoms with Gasteiger partial charge in [0.05, 0.1) is 25.4 Å². The molecule has 0 bridgehead atoms. The van der Waals surface area contributed by atoms with E-state index >= 15 is 0 Å². The number of rotatable bonds is 1. The van der Waals surface area contributed by atoms with Crippen LogP contribution in [0.5, 0.6) is 0 Å². The lowest BCUT2D eigenvalue weighted by molar-refractivity contribution is -0.0911. The minimum Gasteiger partial charge on any atom is -0.422 e. The number of benzene rings is 1. The Bertz CT molecular complexity index is 581. The number of hydrogen-bond donors (Lipinski definition) is 0. The molecule has 17 heavy (non-hydrogen) atoms. The smallest absolute Gasteiger partial charge is 0.342 e. The fourth-order valence-electron chi connectivity index (χ4n) is 1.97. The fourth-order valence-corrected chi connectivity index (χ4v) is 1.97. The fraction of sp³-hybridized carbons (Fsp3) is 0.308. The topological polar surface area (TPSA) is 48.7 Å². The molecule has 1 atom stereocenters. The first-order chi connectivity index (χ1) is 8.34. The standard InChI is InChI=1S/C13H12O4/c14-13-10(12-8-15-5-6-16-12)7-9-3-1-2-4-11(9)17-13/h1-4,7,12H,5-6,8H2. The summed E-state index contributed by atoms with van der Waals surface area (Å²) in [7, 11) is 0. The molecular weight excluding hydrogens is 220 g/mol. The molecule has 0 amide bonds. The molecule has 0 N–H and O–H groups in total. The van der Waals surface area contributed by atoms with Crippen molar-refractivity contribution in [3.05, 3.63) is 46.3 Å². The van der Waals surface area contributed by atoms with Crippen molar-refractivity contribution in [3.8, 4) is 0 Å². The minimum absolute atomic E-state index is 0.315. The number of ether oxygens (including phenoxy) is 2. The molecule has 0 radical (unpaired) electrons. The van der Waals surface area contributed by atoms with Crippen molar-refractivity contribution in [2.75, 3.05) is 19.8 Å². The summed E-state index contributed by atoms with van der Waals surface area (Å²) < 4.78 is 16.1. The summed E-state index contributed by atoms with van der Waals surface area (Å²) in [6.07, 6.45) is -0.315. The Kier molecular flexibility index (Phi) is 2.66. The molecule has 1 unspecified atom stereocenters. The summed E-state index contributed by atoms with van der Waals surface area (Å²) in [5, 5.41) is 0.899. The lowest BCUT2D eigenvalue weighted by Gasteiger charge is -2.22. The maximum atomic E-state index is 11.8. The van der Waals surface area contributed by atoms with Gasteiger partial charge in [0, 0.05) is 5.39 Å². The number of para-hydroxylation sites is 1. The third kappa shape index (κ3) is 1.97. The molecule has 3 rings (SSSR count). The highest BCUT2D eigenvalue weighted by molar-refractivity contribution is 5.76. The van der Waals surface area contributed by atoms with Gasteiger partial charge in [-0.2, -0.15) is 0 Å². The van der Waals surface area contributed by atoms with Crippen LogP contribution >= 0.6 is 0 Å². The second-order valence-corrected chi connectivity index (χ2v) is 3.96. The van der Waals surface area contributed by atoms with Gasteiger partial charge in [-0.25, -0.2) is 4.79 Å². The molecule has 1 aliphatic heterocycles. The van der Waals surface area contributed by atoms with Crippen molar-refractivity contribution in [1.29, 1.82) is 0 Å². The summed E-state index contributed by atoms with van der Waals surface area (Å²) in [6.45, 7) is 1.50. The summed E-state index contributed by atoms with van der Waals surface area (Å²) in [5.41, 5.74) is 0.778. The SMILES string of the molecule is O=c1oc2ccccc2cc1C1COCCO1. The predicted octanol–water partition coefficient (Wildman–Crippen LogP) is 1.88. The van der Waals surface area contributed by atoms with Gasteiger partial charge < -0.3 is 13.9 Å². The highest BCUT2D eigenvalue weighted by Gasteiger charge is 2.21. The van der Waals surface area contributed by atoms with E-state index in [0.717, 1.165) is 5.39 Å². The van der Waals surface area contributed by atoms with E-state index in [1.807, 2.05) is 24.3 Å². The zero-order valence-corrected chi connectivity index (χ0v) is 9.22. The molecule has 2 heterocycles. The molecule has 0 saturated carbocycles. The Morgan fingerprint density at radius 3 is 2.88 bits per heavy atom. The van der Waals surface area contributed by atoms with Gasteiger partial charge in [-0.3, -0.25) is 0 Å². The maximum Gasteiger partial charge on any atom is 0.342 e.